The molecule has 2 rings (SSSR count). The quantitative estimate of drug-likeness (QED) is 0.546. The summed E-state index contributed by atoms with van der Waals surface area (Å²) >= 11 is 6.20. The van der Waals surface area contributed by atoms with E-state index in [-0.39, 0.29) is 0 Å². The molecular weight excluding hydrogens is 168 g/mol. The van der Waals surface area contributed by atoms with E-state index in [1.54, 1.807) is 0 Å². The topological polar surface area (TPSA) is 0 Å². The Morgan fingerprint density at radius 1 is 1.08 bits per heavy atom. The first-order chi connectivity index (χ1) is 5.77. The zero-order valence-electron chi connectivity index (χ0n) is 7.93. The third kappa shape index (κ3) is 1.64. The summed E-state index contributed by atoms with van der Waals surface area (Å²) in [6.07, 6.45) is 8.37. The summed E-state index contributed by atoms with van der Waals surface area (Å²) in [6, 6.07) is 0. The summed E-state index contributed by atoms with van der Waals surface area (Å²) in [5.41, 5.74) is 0. The second kappa shape index (κ2) is 3.57. The van der Waals surface area contributed by atoms with E-state index >= 15 is 0 Å². The predicted octanol–water partition coefficient (Wildman–Crippen LogP) is 3.83. The van der Waals surface area contributed by atoms with Crippen molar-refractivity contribution in [2.45, 2.75) is 50.8 Å². The molecule has 0 amide bonds. The second-order valence-electron chi connectivity index (χ2n) is 4.74. The number of hydrogen-bond acceptors (Lipinski definition) is 0. The number of halogens is 1. The van der Waals surface area contributed by atoms with Crippen molar-refractivity contribution in [1.29, 1.82) is 0 Å². The van der Waals surface area contributed by atoms with Crippen LogP contribution in [-0.2, 0) is 0 Å². The highest BCUT2D eigenvalue weighted by Gasteiger charge is 2.35. The highest BCUT2D eigenvalue weighted by atomic mass is 35.5. The van der Waals surface area contributed by atoms with Gasteiger partial charge in [-0.3, -0.25) is 0 Å². The third-order valence-electron chi connectivity index (χ3n) is 3.95. The van der Waals surface area contributed by atoms with Gasteiger partial charge in [0.1, 0.15) is 0 Å². The van der Waals surface area contributed by atoms with Crippen molar-refractivity contribution in [3.8, 4) is 0 Å². The Kier molecular flexibility index (Phi) is 2.64. The predicted molar refractivity (Wildman–Crippen MR) is 53.5 cm³/mol. The average molecular weight is 187 g/mol. The Balaban J connectivity index is 1.91. The fourth-order valence-electron chi connectivity index (χ4n) is 2.83. The first kappa shape index (κ1) is 8.87. The number of hydrogen-bond donors (Lipinski definition) is 0. The second-order valence-corrected chi connectivity index (χ2v) is 5.36. The molecule has 70 valence electrons. The minimum absolute atomic E-state index is 0.492. The van der Waals surface area contributed by atoms with Gasteiger partial charge in [-0.05, 0) is 37.0 Å². The number of rotatable bonds is 1. The molecule has 0 bridgehead atoms. The molecule has 3 atom stereocenters. The molecule has 0 saturated heterocycles. The van der Waals surface area contributed by atoms with Crippen molar-refractivity contribution < 1.29 is 0 Å². The van der Waals surface area contributed by atoms with Gasteiger partial charge in [-0.2, -0.15) is 0 Å². The number of alkyl halides is 1. The normalized spacial score (nSPS) is 44.0. The standard InChI is InChI=1S/C11H19Cl/c1-8-5-6-10(12)7-11(8)9-3-2-4-9/h8-11H,2-7H2,1H3. The van der Waals surface area contributed by atoms with E-state index in [9.17, 15) is 0 Å². The minimum atomic E-state index is 0.492. The average Bonchev–Trinajstić information content (AvgIpc) is 1.93. The minimum Gasteiger partial charge on any atom is -0.123 e. The van der Waals surface area contributed by atoms with Gasteiger partial charge in [-0.15, -0.1) is 11.6 Å². The summed E-state index contributed by atoms with van der Waals surface area (Å²) in [5.74, 6) is 2.96. The molecule has 2 aliphatic carbocycles. The van der Waals surface area contributed by atoms with E-state index in [4.69, 9.17) is 11.6 Å². The van der Waals surface area contributed by atoms with Crippen molar-refractivity contribution in [1.82, 2.24) is 0 Å². The van der Waals surface area contributed by atoms with Crippen LogP contribution in [0.3, 0.4) is 0 Å². The maximum atomic E-state index is 6.20. The van der Waals surface area contributed by atoms with Crippen LogP contribution in [0.1, 0.15) is 45.4 Å². The molecule has 2 fully saturated rings. The molecule has 0 radical (unpaired) electrons. The van der Waals surface area contributed by atoms with Gasteiger partial charge in [0, 0.05) is 5.38 Å². The van der Waals surface area contributed by atoms with Crippen molar-refractivity contribution in [3.63, 3.8) is 0 Å². The molecule has 12 heavy (non-hydrogen) atoms. The first-order valence-electron chi connectivity index (χ1n) is 5.41. The van der Waals surface area contributed by atoms with E-state index in [2.05, 4.69) is 6.92 Å². The first-order valence-corrected chi connectivity index (χ1v) is 5.85. The van der Waals surface area contributed by atoms with Gasteiger partial charge in [0.05, 0.1) is 0 Å². The van der Waals surface area contributed by atoms with Crippen LogP contribution in [0, 0.1) is 17.8 Å². The monoisotopic (exact) mass is 186 g/mol. The van der Waals surface area contributed by atoms with E-state index in [0.29, 0.717) is 5.38 Å². The summed E-state index contributed by atoms with van der Waals surface area (Å²) in [7, 11) is 0. The van der Waals surface area contributed by atoms with Crippen LogP contribution in [0.25, 0.3) is 0 Å². The summed E-state index contributed by atoms with van der Waals surface area (Å²) in [4.78, 5) is 0. The molecule has 0 N–H and O–H groups in total. The lowest BCUT2D eigenvalue weighted by molar-refractivity contribution is 0.114. The van der Waals surface area contributed by atoms with Crippen LogP contribution < -0.4 is 0 Å². The Morgan fingerprint density at radius 2 is 1.83 bits per heavy atom. The highest BCUT2D eigenvalue weighted by molar-refractivity contribution is 6.20. The molecule has 2 saturated carbocycles. The van der Waals surface area contributed by atoms with Gasteiger partial charge in [0.15, 0.2) is 0 Å². The lowest BCUT2D eigenvalue weighted by atomic mass is 9.66. The van der Waals surface area contributed by atoms with Gasteiger partial charge >= 0.3 is 0 Å². The van der Waals surface area contributed by atoms with Crippen LogP contribution in [0.2, 0.25) is 0 Å². The van der Waals surface area contributed by atoms with Crippen LogP contribution >= 0.6 is 11.6 Å². The Labute approximate surface area is 80.7 Å². The Hall–Kier alpha value is 0.290. The maximum Gasteiger partial charge on any atom is 0.0339 e. The lowest BCUT2D eigenvalue weighted by Gasteiger charge is -2.41. The van der Waals surface area contributed by atoms with E-state index < -0.39 is 0 Å². The summed E-state index contributed by atoms with van der Waals surface area (Å²) in [5, 5.41) is 0.492. The van der Waals surface area contributed by atoms with Gasteiger partial charge in [0.25, 0.3) is 0 Å². The molecular formula is C11H19Cl. The summed E-state index contributed by atoms with van der Waals surface area (Å²) < 4.78 is 0. The van der Waals surface area contributed by atoms with Gasteiger partial charge in [-0.1, -0.05) is 26.2 Å². The van der Waals surface area contributed by atoms with Gasteiger partial charge in [0.2, 0.25) is 0 Å². The largest absolute Gasteiger partial charge is 0.123 e. The van der Waals surface area contributed by atoms with Crippen LogP contribution in [0.4, 0.5) is 0 Å². The van der Waals surface area contributed by atoms with E-state index in [1.165, 1.54) is 38.5 Å². The molecule has 2 aliphatic rings. The van der Waals surface area contributed by atoms with Crippen molar-refractivity contribution >= 4 is 11.6 Å². The van der Waals surface area contributed by atoms with E-state index in [0.717, 1.165) is 17.8 Å². The molecule has 1 heteroatoms. The highest BCUT2D eigenvalue weighted by Crippen LogP contribution is 2.44. The van der Waals surface area contributed by atoms with Crippen LogP contribution in [0.15, 0.2) is 0 Å². The molecule has 3 unspecified atom stereocenters. The molecule has 0 spiro atoms. The fraction of sp³-hybridized carbons (Fsp3) is 1.00. The molecule has 0 aromatic carbocycles. The Morgan fingerprint density at radius 3 is 2.42 bits per heavy atom. The van der Waals surface area contributed by atoms with Crippen LogP contribution in [0.5, 0.6) is 0 Å². The SMILES string of the molecule is CC1CCC(Cl)CC1C1CCC1. The van der Waals surface area contributed by atoms with Crippen LogP contribution in [-0.4, -0.2) is 5.38 Å². The zero-order chi connectivity index (χ0) is 8.55. The van der Waals surface area contributed by atoms with E-state index in [1.807, 2.05) is 0 Å². The molecule has 0 aromatic rings. The third-order valence-corrected chi connectivity index (χ3v) is 4.35. The van der Waals surface area contributed by atoms with Crippen molar-refractivity contribution in [2.75, 3.05) is 0 Å². The van der Waals surface area contributed by atoms with Crippen molar-refractivity contribution in [2.24, 2.45) is 17.8 Å². The molecule has 0 aromatic heterocycles. The summed E-state index contributed by atoms with van der Waals surface area (Å²) in [6.45, 7) is 2.42. The molecule has 0 aliphatic heterocycles. The molecule has 0 nitrogen and oxygen atoms in total. The Bertz CT molecular complexity index is 149. The maximum absolute atomic E-state index is 6.20. The van der Waals surface area contributed by atoms with Crippen molar-refractivity contribution in [3.05, 3.63) is 0 Å². The fourth-order valence-corrected chi connectivity index (χ4v) is 3.16. The smallest absolute Gasteiger partial charge is 0.0339 e. The van der Waals surface area contributed by atoms with Gasteiger partial charge < -0.3 is 0 Å². The molecule has 0 heterocycles. The van der Waals surface area contributed by atoms with Gasteiger partial charge in [-0.25, -0.2) is 0 Å². The zero-order valence-corrected chi connectivity index (χ0v) is 8.69. The lowest BCUT2D eigenvalue weighted by Crippen LogP contribution is -2.33.